The van der Waals surface area contributed by atoms with Crippen LogP contribution in [0.4, 0.5) is 5.69 Å². The highest BCUT2D eigenvalue weighted by atomic mass is 35.5. The number of nitrogens with zero attached hydrogens (tertiary/aromatic N) is 4. The maximum absolute atomic E-state index is 11.5. The van der Waals surface area contributed by atoms with Crippen LogP contribution in [-0.2, 0) is 12.3 Å². The van der Waals surface area contributed by atoms with Crippen LogP contribution in [0.2, 0.25) is 10.0 Å². The number of nitrogens with two attached hydrogens (primary N) is 1. The van der Waals surface area contributed by atoms with Crippen LogP contribution in [0.3, 0.4) is 0 Å². The molecule has 0 aliphatic carbocycles. The second kappa shape index (κ2) is 9.67. The van der Waals surface area contributed by atoms with E-state index < -0.39 is 10.8 Å². The van der Waals surface area contributed by atoms with Crippen molar-refractivity contribution in [2.75, 3.05) is 0 Å². The van der Waals surface area contributed by atoms with Gasteiger partial charge in [0.1, 0.15) is 0 Å². The molecular formula is C20H19Cl2N5O3S. The highest BCUT2D eigenvalue weighted by Gasteiger charge is 2.21. The van der Waals surface area contributed by atoms with E-state index in [2.05, 4.69) is 24.0 Å². The lowest BCUT2D eigenvalue weighted by Gasteiger charge is -2.13. The number of benzene rings is 2. The number of nitro benzene ring substituents is 1. The molecule has 8 nitrogen and oxygen atoms in total. The highest BCUT2D eigenvalue weighted by molar-refractivity contribution is 7.98. The third kappa shape index (κ3) is 5.36. The van der Waals surface area contributed by atoms with Gasteiger partial charge in [0.2, 0.25) is 5.91 Å². The molecule has 1 amide bonds. The van der Waals surface area contributed by atoms with Crippen LogP contribution in [-0.4, -0.2) is 25.6 Å². The summed E-state index contributed by atoms with van der Waals surface area (Å²) < 4.78 is 1.94. The van der Waals surface area contributed by atoms with E-state index in [0.29, 0.717) is 44.6 Å². The number of hydrogen-bond acceptors (Lipinski definition) is 6. The average Bonchev–Trinajstić information content (AvgIpc) is 3.07. The summed E-state index contributed by atoms with van der Waals surface area (Å²) in [5.74, 6) is 0.434. The fourth-order valence-corrected chi connectivity index (χ4v) is 4.38. The van der Waals surface area contributed by atoms with Crippen LogP contribution in [0.1, 0.15) is 29.8 Å². The van der Waals surface area contributed by atoms with Gasteiger partial charge in [0.05, 0.1) is 9.95 Å². The normalized spacial score (nSPS) is 11.1. The predicted molar refractivity (Wildman–Crippen MR) is 121 cm³/mol. The zero-order valence-corrected chi connectivity index (χ0v) is 19.0. The Kier molecular flexibility index (Phi) is 7.19. The number of thioether (sulfide) groups is 1. The fourth-order valence-electron chi connectivity index (χ4n) is 2.95. The van der Waals surface area contributed by atoms with Gasteiger partial charge in [0.15, 0.2) is 11.0 Å². The Hall–Kier alpha value is -2.62. The molecule has 3 rings (SSSR count). The van der Waals surface area contributed by atoms with Crippen molar-refractivity contribution < 1.29 is 9.72 Å². The summed E-state index contributed by atoms with van der Waals surface area (Å²) in [4.78, 5) is 22.3. The Morgan fingerprint density at radius 1 is 1.23 bits per heavy atom. The number of amides is 1. The van der Waals surface area contributed by atoms with E-state index in [-0.39, 0.29) is 17.0 Å². The molecule has 0 saturated heterocycles. The second-order valence-electron chi connectivity index (χ2n) is 7.19. The van der Waals surface area contributed by atoms with Crippen LogP contribution in [0, 0.1) is 16.0 Å². The van der Waals surface area contributed by atoms with Crippen molar-refractivity contribution in [1.29, 1.82) is 0 Å². The van der Waals surface area contributed by atoms with Gasteiger partial charge in [-0.1, -0.05) is 54.9 Å². The summed E-state index contributed by atoms with van der Waals surface area (Å²) in [5, 5.41) is 21.6. The van der Waals surface area contributed by atoms with E-state index in [9.17, 15) is 14.9 Å². The first kappa shape index (κ1) is 23.1. The minimum atomic E-state index is -0.719. The van der Waals surface area contributed by atoms with Gasteiger partial charge < -0.3 is 10.3 Å². The van der Waals surface area contributed by atoms with Crippen LogP contribution < -0.4 is 5.73 Å². The zero-order chi connectivity index (χ0) is 22.7. The Bertz CT molecular complexity index is 1150. The van der Waals surface area contributed by atoms with E-state index in [4.69, 9.17) is 28.9 Å². The maximum atomic E-state index is 11.5. The molecule has 2 N–H and O–H groups in total. The molecule has 0 unspecified atom stereocenters. The van der Waals surface area contributed by atoms with Gasteiger partial charge in [0.25, 0.3) is 5.69 Å². The summed E-state index contributed by atoms with van der Waals surface area (Å²) in [7, 11) is 0. The van der Waals surface area contributed by atoms with Crippen molar-refractivity contribution in [3.63, 3.8) is 0 Å². The minimum Gasteiger partial charge on any atom is -0.366 e. The SMILES string of the molecule is CC(C)Cn1c(SCc2ccc(C(N)=O)cc2[N+](=O)[O-])nnc1-c1ccc(Cl)cc1Cl. The maximum Gasteiger partial charge on any atom is 0.274 e. The van der Waals surface area contributed by atoms with Crippen molar-refractivity contribution in [2.45, 2.75) is 31.3 Å². The molecule has 0 saturated carbocycles. The highest BCUT2D eigenvalue weighted by Crippen LogP contribution is 2.34. The molecule has 0 aliphatic rings. The van der Waals surface area contributed by atoms with Gasteiger partial charge in [-0.2, -0.15) is 0 Å². The number of rotatable bonds is 8. The molecule has 1 heterocycles. The smallest absolute Gasteiger partial charge is 0.274 e. The molecule has 0 spiro atoms. The molecule has 0 radical (unpaired) electrons. The average molecular weight is 480 g/mol. The van der Waals surface area contributed by atoms with Crippen LogP contribution in [0.25, 0.3) is 11.4 Å². The van der Waals surface area contributed by atoms with Gasteiger partial charge in [0, 0.05) is 40.1 Å². The Balaban J connectivity index is 1.95. The topological polar surface area (TPSA) is 117 Å². The second-order valence-corrected chi connectivity index (χ2v) is 8.97. The summed E-state index contributed by atoms with van der Waals surface area (Å²) in [6, 6.07) is 9.36. The van der Waals surface area contributed by atoms with E-state index in [1.807, 2.05) is 4.57 Å². The van der Waals surface area contributed by atoms with E-state index in [1.165, 1.54) is 30.0 Å². The standard InChI is InChI=1S/C20H19Cl2N5O3S/c1-11(2)9-26-19(15-6-5-14(21)8-16(15)22)24-25-20(26)31-10-13-4-3-12(18(23)28)7-17(13)27(29)30/h3-8,11H,9-10H2,1-2H3,(H2,23,28). The van der Waals surface area contributed by atoms with E-state index in [0.717, 1.165) is 0 Å². The van der Waals surface area contributed by atoms with Crippen LogP contribution in [0.5, 0.6) is 0 Å². The lowest BCUT2D eigenvalue weighted by Crippen LogP contribution is -2.11. The summed E-state index contributed by atoms with van der Waals surface area (Å²) in [5.41, 5.74) is 6.30. The van der Waals surface area contributed by atoms with Gasteiger partial charge in [-0.15, -0.1) is 10.2 Å². The first-order valence-corrected chi connectivity index (χ1v) is 11.0. The van der Waals surface area contributed by atoms with E-state index in [1.54, 1.807) is 18.2 Å². The molecule has 3 aromatic rings. The molecule has 0 aliphatic heterocycles. The lowest BCUT2D eigenvalue weighted by atomic mass is 10.1. The molecule has 11 heteroatoms. The van der Waals surface area contributed by atoms with Gasteiger partial charge in [-0.05, 0) is 30.2 Å². The molecule has 31 heavy (non-hydrogen) atoms. The zero-order valence-electron chi connectivity index (χ0n) is 16.7. The van der Waals surface area contributed by atoms with Gasteiger partial charge in [-0.3, -0.25) is 14.9 Å². The largest absolute Gasteiger partial charge is 0.366 e. The number of carbonyl (C=O) groups excluding carboxylic acids is 1. The van der Waals surface area contributed by atoms with Crippen LogP contribution in [0.15, 0.2) is 41.6 Å². The van der Waals surface area contributed by atoms with Crippen molar-refractivity contribution in [2.24, 2.45) is 11.7 Å². The third-order valence-electron chi connectivity index (χ3n) is 4.36. The Morgan fingerprint density at radius 2 is 1.97 bits per heavy atom. The molecule has 2 aromatic carbocycles. The third-order valence-corrected chi connectivity index (χ3v) is 5.92. The number of hydrogen-bond donors (Lipinski definition) is 1. The molecule has 1 aromatic heterocycles. The van der Waals surface area contributed by atoms with E-state index >= 15 is 0 Å². The molecule has 0 atom stereocenters. The summed E-state index contributed by atoms with van der Waals surface area (Å²) in [6.45, 7) is 4.76. The first-order chi connectivity index (χ1) is 14.7. The number of halogens is 2. The molecular weight excluding hydrogens is 461 g/mol. The van der Waals surface area contributed by atoms with Gasteiger partial charge >= 0.3 is 0 Å². The summed E-state index contributed by atoms with van der Waals surface area (Å²) >= 11 is 13.7. The van der Waals surface area contributed by atoms with Crippen molar-refractivity contribution in [3.8, 4) is 11.4 Å². The van der Waals surface area contributed by atoms with Crippen molar-refractivity contribution >= 4 is 46.6 Å². The first-order valence-electron chi connectivity index (χ1n) is 9.26. The quantitative estimate of drug-likeness (QED) is 0.269. The van der Waals surface area contributed by atoms with Crippen LogP contribution >= 0.6 is 35.0 Å². The monoisotopic (exact) mass is 479 g/mol. The number of primary amides is 1. The molecule has 0 bridgehead atoms. The Morgan fingerprint density at radius 3 is 2.58 bits per heavy atom. The number of nitro groups is 1. The summed E-state index contributed by atoms with van der Waals surface area (Å²) in [6.07, 6.45) is 0. The van der Waals surface area contributed by atoms with Crippen molar-refractivity contribution in [3.05, 3.63) is 67.7 Å². The number of carbonyl (C=O) groups is 1. The minimum absolute atomic E-state index is 0.0862. The molecule has 0 fully saturated rings. The predicted octanol–water partition coefficient (Wildman–Crippen LogP) is 5.21. The Labute approximate surface area is 192 Å². The lowest BCUT2D eigenvalue weighted by molar-refractivity contribution is -0.385. The van der Waals surface area contributed by atoms with Crippen molar-refractivity contribution in [1.82, 2.24) is 14.8 Å². The fraction of sp³-hybridized carbons (Fsp3) is 0.250. The van der Waals surface area contributed by atoms with Gasteiger partial charge in [-0.25, -0.2) is 0 Å². The molecule has 162 valence electrons. The number of aromatic nitrogens is 3.